The summed E-state index contributed by atoms with van der Waals surface area (Å²) in [4.78, 5) is 19.6. The van der Waals surface area contributed by atoms with E-state index in [1.807, 2.05) is 48.8 Å². The summed E-state index contributed by atoms with van der Waals surface area (Å²) in [5, 5.41) is 3.59. The first kappa shape index (κ1) is 26.0. The molecule has 1 aliphatic carbocycles. The van der Waals surface area contributed by atoms with Gasteiger partial charge in [-0.3, -0.25) is 9.55 Å². The van der Waals surface area contributed by atoms with Crippen LogP contribution in [0.4, 0.5) is 0 Å². The highest BCUT2D eigenvalue weighted by Crippen LogP contribution is 2.42. The first-order chi connectivity index (χ1) is 21.8. The molecule has 0 atom stereocenters. The van der Waals surface area contributed by atoms with Gasteiger partial charge in [-0.15, -0.1) is 0 Å². The molecule has 0 saturated carbocycles. The van der Waals surface area contributed by atoms with E-state index in [0.29, 0.717) is 17.6 Å². The molecule has 1 aliphatic rings. The number of aryl methyl sites for hydroxylation is 1. The molecule has 6 heteroatoms. The van der Waals surface area contributed by atoms with Crippen molar-refractivity contribution < 1.29 is 0 Å². The zero-order valence-corrected chi connectivity index (χ0v) is 24.3. The monoisotopic (exact) mass is 570 g/mol. The average molecular weight is 571 g/mol. The maximum Gasteiger partial charge on any atom is 0.238 e. The number of pyridine rings is 1. The third-order valence-electron chi connectivity index (χ3n) is 8.61. The molecule has 0 radical (unpaired) electrons. The number of para-hydroxylation sites is 1. The van der Waals surface area contributed by atoms with Gasteiger partial charge >= 0.3 is 0 Å². The molecule has 0 N–H and O–H groups in total. The Labute approximate surface area is 255 Å². The van der Waals surface area contributed by atoms with Crippen LogP contribution < -0.4 is 0 Å². The number of hydrogen-bond donors (Lipinski definition) is 0. The third kappa shape index (κ3) is 4.02. The number of nitrogens with zero attached hydrogens (tertiary/aromatic N) is 6. The SMILES string of the molecule is C=C/C=C(\C=C)c1nc(-c2ccccc2)nc(-n2c3c(c4c2ccc2c5cnccc5n(-c5ccccc5)c24)CCCC3)n1. The first-order valence-corrected chi connectivity index (χ1v) is 15.0. The maximum absolute atomic E-state index is 5.12. The van der Waals surface area contributed by atoms with Crippen LogP contribution in [0.5, 0.6) is 0 Å². The molecule has 0 saturated heterocycles. The van der Waals surface area contributed by atoms with Gasteiger partial charge in [0.05, 0.1) is 16.6 Å². The summed E-state index contributed by atoms with van der Waals surface area (Å²) >= 11 is 0. The molecular formula is C38H30N6. The summed E-state index contributed by atoms with van der Waals surface area (Å²) < 4.78 is 4.67. The van der Waals surface area contributed by atoms with Crippen LogP contribution in [0.1, 0.15) is 29.9 Å². The summed E-state index contributed by atoms with van der Waals surface area (Å²) in [5.41, 5.74) is 8.94. The predicted molar refractivity (Wildman–Crippen MR) is 179 cm³/mol. The molecule has 4 aromatic heterocycles. The van der Waals surface area contributed by atoms with Crippen LogP contribution >= 0.6 is 0 Å². The summed E-state index contributed by atoms with van der Waals surface area (Å²) in [6, 6.07) is 27.3. The molecule has 0 fully saturated rings. The van der Waals surface area contributed by atoms with Gasteiger partial charge in [0.25, 0.3) is 0 Å². The van der Waals surface area contributed by atoms with Gasteiger partial charge in [0.2, 0.25) is 5.95 Å². The third-order valence-corrected chi connectivity index (χ3v) is 8.61. The van der Waals surface area contributed by atoms with Gasteiger partial charge in [-0.2, -0.15) is 9.97 Å². The number of allylic oxidation sites excluding steroid dienone is 4. The van der Waals surface area contributed by atoms with E-state index in [-0.39, 0.29) is 0 Å². The van der Waals surface area contributed by atoms with Crippen molar-refractivity contribution in [3.63, 3.8) is 0 Å². The van der Waals surface area contributed by atoms with Crippen LogP contribution in [0.15, 0.2) is 123 Å². The lowest BCUT2D eigenvalue weighted by molar-refractivity contribution is 0.661. The molecule has 0 spiro atoms. The van der Waals surface area contributed by atoms with E-state index in [1.165, 1.54) is 27.5 Å². The quantitative estimate of drug-likeness (QED) is 0.188. The Kier molecular flexibility index (Phi) is 6.26. The zero-order chi connectivity index (χ0) is 29.6. The minimum atomic E-state index is 0.570. The molecule has 0 aliphatic heterocycles. The smallest absolute Gasteiger partial charge is 0.238 e. The number of hydrogen-bond acceptors (Lipinski definition) is 4. The highest BCUT2D eigenvalue weighted by atomic mass is 15.2. The predicted octanol–water partition coefficient (Wildman–Crippen LogP) is 8.61. The van der Waals surface area contributed by atoms with Crippen molar-refractivity contribution in [2.45, 2.75) is 25.7 Å². The van der Waals surface area contributed by atoms with E-state index >= 15 is 0 Å². The minimum Gasteiger partial charge on any atom is -0.308 e. The lowest BCUT2D eigenvalue weighted by Crippen LogP contribution is -2.12. The van der Waals surface area contributed by atoms with E-state index in [0.717, 1.165) is 58.9 Å². The molecule has 0 bridgehead atoms. The van der Waals surface area contributed by atoms with E-state index in [2.05, 4.69) is 75.8 Å². The fourth-order valence-electron chi connectivity index (χ4n) is 6.72. The van der Waals surface area contributed by atoms with Gasteiger partial charge in [0.1, 0.15) is 0 Å². The minimum absolute atomic E-state index is 0.570. The first-order valence-electron chi connectivity index (χ1n) is 15.0. The summed E-state index contributed by atoms with van der Waals surface area (Å²) in [6.45, 7) is 7.93. The van der Waals surface area contributed by atoms with Gasteiger partial charge in [-0.1, -0.05) is 86.0 Å². The van der Waals surface area contributed by atoms with E-state index in [9.17, 15) is 0 Å². The Morgan fingerprint density at radius 3 is 2.34 bits per heavy atom. The van der Waals surface area contributed by atoms with E-state index in [4.69, 9.17) is 15.0 Å². The van der Waals surface area contributed by atoms with Gasteiger partial charge < -0.3 is 4.57 Å². The highest BCUT2D eigenvalue weighted by molar-refractivity contribution is 6.19. The Morgan fingerprint density at radius 1 is 0.750 bits per heavy atom. The normalized spacial score (nSPS) is 13.4. The van der Waals surface area contributed by atoms with Crippen molar-refractivity contribution in [2.24, 2.45) is 0 Å². The molecule has 7 aromatic rings. The van der Waals surface area contributed by atoms with Gasteiger partial charge in [-0.05, 0) is 55.5 Å². The van der Waals surface area contributed by atoms with Crippen molar-refractivity contribution in [1.29, 1.82) is 0 Å². The van der Waals surface area contributed by atoms with Crippen LogP contribution in [-0.2, 0) is 12.8 Å². The van der Waals surface area contributed by atoms with E-state index in [1.54, 1.807) is 12.2 Å². The number of aromatic nitrogens is 6. The van der Waals surface area contributed by atoms with Crippen molar-refractivity contribution in [3.05, 3.63) is 140 Å². The summed E-state index contributed by atoms with van der Waals surface area (Å²) in [5.74, 6) is 1.81. The molecule has 8 rings (SSSR count). The van der Waals surface area contributed by atoms with Crippen molar-refractivity contribution in [3.8, 4) is 23.0 Å². The van der Waals surface area contributed by atoms with Crippen molar-refractivity contribution in [2.75, 3.05) is 0 Å². The zero-order valence-electron chi connectivity index (χ0n) is 24.3. The standard InChI is InChI=1S/C38H30N6/c1-3-13-25(4-2)36-40-37(26-14-7-5-8-15-26)42-38(41-36)44-31-19-12-11-18-29(31)34-33(44)21-20-28-30-24-39-23-22-32(30)43(35(28)34)27-16-9-6-10-17-27/h3-10,13-17,20-24H,1-2,11-12,18-19H2/b25-13+. The number of fused-ring (bicyclic) bond motifs is 7. The maximum atomic E-state index is 5.12. The van der Waals surface area contributed by atoms with Crippen LogP contribution in [0.3, 0.4) is 0 Å². The second-order valence-corrected chi connectivity index (χ2v) is 11.1. The fraction of sp³-hybridized carbons (Fsp3) is 0.105. The molecule has 212 valence electrons. The lowest BCUT2D eigenvalue weighted by Gasteiger charge is -2.16. The second-order valence-electron chi connectivity index (χ2n) is 11.1. The van der Waals surface area contributed by atoms with Crippen LogP contribution in [0.2, 0.25) is 0 Å². The largest absolute Gasteiger partial charge is 0.308 e. The van der Waals surface area contributed by atoms with Crippen molar-refractivity contribution >= 4 is 38.3 Å². The number of benzene rings is 3. The number of rotatable bonds is 6. The fourth-order valence-corrected chi connectivity index (χ4v) is 6.72. The molecule has 3 aromatic carbocycles. The van der Waals surface area contributed by atoms with Crippen LogP contribution in [0, 0.1) is 0 Å². The van der Waals surface area contributed by atoms with Gasteiger partial charge in [0.15, 0.2) is 11.6 Å². The Morgan fingerprint density at radius 2 is 1.55 bits per heavy atom. The average Bonchev–Trinajstić information content (AvgIpc) is 3.61. The Hall–Kier alpha value is -5.62. The topological polar surface area (TPSA) is 61.4 Å². The van der Waals surface area contributed by atoms with Gasteiger partial charge in [0, 0.05) is 51.1 Å². The van der Waals surface area contributed by atoms with Crippen LogP contribution in [0.25, 0.3) is 61.3 Å². The molecule has 6 nitrogen and oxygen atoms in total. The molecule has 44 heavy (non-hydrogen) atoms. The molecular weight excluding hydrogens is 540 g/mol. The summed E-state index contributed by atoms with van der Waals surface area (Å²) in [7, 11) is 0. The Bertz CT molecular complexity index is 2250. The van der Waals surface area contributed by atoms with Gasteiger partial charge in [-0.25, -0.2) is 4.98 Å². The molecule has 0 unspecified atom stereocenters. The summed E-state index contributed by atoms with van der Waals surface area (Å²) in [6.07, 6.45) is 13.5. The second kappa shape index (κ2) is 10.6. The van der Waals surface area contributed by atoms with E-state index < -0.39 is 0 Å². The highest BCUT2D eigenvalue weighted by Gasteiger charge is 2.27. The molecule has 0 amide bonds. The van der Waals surface area contributed by atoms with Crippen LogP contribution in [-0.4, -0.2) is 29.1 Å². The van der Waals surface area contributed by atoms with Crippen molar-refractivity contribution in [1.82, 2.24) is 29.1 Å². The molecule has 4 heterocycles. The Balaban J connectivity index is 1.50. The lowest BCUT2D eigenvalue weighted by atomic mass is 9.94.